The summed E-state index contributed by atoms with van der Waals surface area (Å²) in [5.41, 5.74) is 3.36. The highest BCUT2D eigenvalue weighted by Crippen LogP contribution is 2.25. The van der Waals surface area contributed by atoms with E-state index in [-0.39, 0.29) is 12.4 Å². The summed E-state index contributed by atoms with van der Waals surface area (Å²) in [4.78, 5) is 15.8. The third-order valence-electron chi connectivity index (χ3n) is 2.50. The monoisotopic (exact) mass is 389 g/mol. The van der Waals surface area contributed by atoms with Gasteiger partial charge in [0.05, 0.1) is 24.3 Å². The number of aromatic nitrogens is 1. The number of nitrogens with zero attached hydrogens (tertiary/aromatic N) is 1. The first kappa shape index (κ1) is 24.3. The first-order chi connectivity index (χ1) is 10.5. The van der Waals surface area contributed by atoms with Crippen molar-refractivity contribution in [3.05, 3.63) is 27.0 Å². The topological polar surface area (TPSA) is 59.4 Å². The molecule has 4 nitrogen and oxygen atoms in total. The van der Waals surface area contributed by atoms with Gasteiger partial charge >= 0.3 is 5.97 Å². The number of hydrogen-bond acceptors (Lipinski definition) is 4. The number of ether oxygens (including phenoxy) is 1. The molecule has 0 aromatic carbocycles. The standard InChI is InChI=1S/C12H16BrNO2.C4H10O.C2H6/c1-5-16-11(15)6-10-7(2)12(13)9(4)14-8(10)3;1-4(2,3)5;1-2/h5-6H2,1-4H3;5H,1-3H3;1-2H3. The zero-order valence-electron chi connectivity index (χ0n) is 16.0. The molecule has 0 amide bonds. The van der Waals surface area contributed by atoms with E-state index in [0.29, 0.717) is 6.61 Å². The van der Waals surface area contributed by atoms with Crippen molar-refractivity contribution in [3.8, 4) is 0 Å². The maximum absolute atomic E-state index is 11.4. The van der Waals surface area contributed by atoms with Gasteiger partial charge < -0.3 is 9.84 Å². The van der Waals surface area contributed by atoms with Crippen LogP contribution >= 0.6 is 15.9 Å². The molecule has 1 aromatic rings. The fourth-order valence-corrected chi connectivity index (χ4v) is 1.99. The number of pyridine rings is 1. The minimum Gasteiger partial charge on any atom is -0.466 e. The van der Waals surface area contributed by atoms with Crippen molar-refractivity contribution in [2.75, 3.05) is 6.61 Å². The minimum absolute atomic E-state index is 0.203. The van der Waals surface area contributed by atoms with Gasteiger partial charge in [-0.1, -0.05) is 13.8 Å². The maximum atomic E-state index is 11.4. The fourth-order valence-electron chi connectivity index (χ4n) is 1.66. The molecule has 0 aliphatic rings. The van der Waals surface area contributed by atoms with E-state index < -0.39 is 5.60 Å². The van der Waals surface area contributed by atoms with Gasteiger partial charge in [-0.3, -0.25) is 9.78 Å². The van der Waals surface area contributed by atoms with Gasteiger partial charge in [-0.25, -0.2) is 0 Å². The lowest BCUT2D eigenvalue weighted by Gasteiger charge is -2.12. The largest absolute Gasteiger partial charge is 0.466 e. The van der Waals surface area contributed by atoms with Gasteiger partial charge in [0.1, 0.15) is 0 Å². The van der Waals surface area contributed by atoms with Gasteiger partial charge in [-0.05, 0) is 75.5 Å². The Bertz CT molecular complexity index is 488. The number of rotatable bonds is 3. The Morgan fingerprint density at radius 1 is 1.17 bits per heavy atom. The number of aliphatic hydroxyl groups is 1. The van der Waals surface area contributed by atoms with E-state index in [0.717, 1.165) is 27.0 Å². The molecule has 1 heterocycles. The number of carbonyl (C=O) groups is 1. The third-order valence-corrected chi connectivity index (χ3v) is 3.67. The van der Waals surface area contributed by atoms with E-state index in [9.17, 15) is 4.79 Å². The molecule has 0 bridgehead atoms. The van der Waals surface area contributed by atoms with Crippen LogP contribution in [0.4, 0.5) is 0 Å². The molecule has 0 saturated carbocycles. The predicted octanol–water partition coefficient (Wildman–Crippen LogP) is 4.68. The Labute approximate surface area is 149 Å². The minimum atomic E-state index is -0.500. The molecule has 5 heteroatoms. The van der Waals surface area contributed by atoms with Gasteiger partial charge in [0, 0.05) is 10.2 Å². The second-order valence-corrected chi connectivity index (χ2v) is 6.65. The van der Waals surface area contributed by atoms with Crippen LogP contribution in [0, 0.1) is 20.8 Å². The summed E-state index contributed by atoms with van der Waals surface area (Å²) in [5, 5.41) is 8.52. The molecule has 0 unspecified atom stereocenters. The van der Waals surface area contributed by atoms with Crippen molar-refractivity contribution >= 4 is 21.9 Å². The lowest BCUT2D eigenvalue weighted by atomic mass is 10.0. The molecule has 0 aliphatic carbocycles. The number of aryl methyl sites for hydroxylation is 2. The predicted molar refractivity (Wildman–Crippen MR) is 99.8 cm³/mol. The lowest BCUT2D eigenvalue weighted by Crippen LogP contribution is -2.11. The van der Waals surface area contributed by atoms with Crippen LogP contribution in [0.2, 0.25) is 0 Å². The van der Waals surface area contributed by atoms with Crippen molar-refractivity contribution in [1.82, 2.24) is 4.98 Å². The molecule has 0 spiro atoms. The molecule has 23 heavy (non-hydrogen) atoms. The van der Waals surface area contributed by atoms with E-state index in [1.54, 1.807) is 27.7 Å². The highest BCUT2D eigenvalue weighted by atomic mass is 79.9. The summed E-state index contributed by atoms with van der Waals surface area (Å²) in [7, 11) is 0. The lowest BCUT2D eigenvalue weighted by molar-refractivity contribution is -0.142. The molecule has 134 valence electrons. The molecular formula is C18H32BrNO3. The molecule has 0 atom stereocenters. The number of hydrogen-bond donors (Lipinski definition) is 1. The summed E-state index contributed by atoms with van der Waals surface area (Å²) in [6.45, 7) is 17.3. The van der Waals surface area contributed by atoms with Gasteiger partial charge in [-0.15, -0.1) is 0 Å². The molecule has 1 N–H and O–H groups in total. The van der Waals surface area contributed by atoms with Crippen LogP contribution in [0.5, 0.6) is 0 Å². The number of halogens is 1. The number of carbonyl (C=O) groups excluding carboxylic acids is 1. The normalized spacial score (nSPS) is 10.0. The van der Waals surface area contributed by atoms with Crippen LogP contribution < -0.4 is 0 Å². The summed E-state index contributed by atoms with van der Waals surface area (Å²) in [5.74, 6) is -0.203. The summed E-state index contributed by atoms with van der Waals surface area (Å²) in [6, 6.07) is 0. The highest BCUT2D eigenvalue weighted by Gasteiger charge is 2.14. The molecule has 1 aromatic heterocycles. The SMILES string of the molecule is CC.CC(C)(C)O.CCOC(=O)Cc1c(C)nc(C)c(Br)c1C. The Hall–Kier alpha value is -0.940. The van der Waals surface area contributed by atoms with E-state index in [2.05, 4.69) is 20.9 Å². The van der Waals surface area contributed by atoms with Gasteiger partial charge in [0.25, 0.3) is 0 Å². The second-order valence-electron chi connectivity index (χ2n) is 5.85. The van der Waals surface area contributed by atoms with E-state index in [1.807, 2.05) is 34.6 Å². The molecule has 0 fully saturated rings. The van der Waals surface area contributed by atoms with E-state index in [4.69, 9.17) is 9.84 Å². The van der Waals surface area contributed by atoms with Crippen molar-refractivity contribution in [3.63, 3.8) is 0 Å². The first-order valence-corrected chi connectivity index (χ1v) is 8.76. The van der Waals surface area contributed by atoms with Gasteiger partial charge in [0.2, 0.25) is 0 Å². The zero-order valence-corrected chi connectivity index (χ0v) is 17.6. The molecule has 0 saturated heterocycles. The van der Waals surface area contributed by atoms with Crippen LogP contribution in [-0.4, -0.2) is 28.3 Å². The smallest absolute Gasteiger partial charge is 0.310 e. The Balaban J connectivity index is 0. The Kier molecular flexibility index (Phi) is 12.2. The maximum Gasteiger partial charge on any atom is 0.310 e. The fraction of sp³-hybridized carbons (Fsp3) is 0.667. The van der Waals surface area contributed by atoms with Crippen molar-refractivity contribution in [2.45, 2.75) is 74.3 Å². The number of esters is 1. The van der Waals surface area contributed by atoms with Crippen LogP contribution in [0.1, 0.15) is 64.1 Å². The quantitative estimate of drug-likeness (QED) is 0.762. The summed E-state index contributed by atoms with van der Waals surface area (Å²) >= 11 is 3.48. The third kappa shape index (κ3) is 11.3. The van der Waals surface area contributed by atoms with Gasteiger partial charge in [-0.2, -0.15) is 0 Å². The molecule has 1 rings (SSSR count). The van der Waals surface area contributed by atoms with Crippen LogP contribution in [-0.2, 0) is 16.0 Å². The first-order valence-electron chi connectivity index (χ1n) is 7.97. The van der Waals surface area contributed by atoms with Crippen LogP contribution in [0.15, 0.2) is 4.47 Å². The van der Waals surface area contributed by atoms with E-state index >= 15 is 0 Å². The average Bonchev–Trinajstić information content (AvgIpc) is 2.42. The molecule has 0 radical (unpaired) electrons. The summed E-state index contributed by atoms with van der Waals surface area (Å²) < 4.78 is 5.91. The van der Waals surface area contributed by atoms with Crippen molar-refractivity contribution in [2.24, 2.45) is 0 Å². The second kappa shape index (κ2) is 11.6. The molecule has 0 aliphatic heterocycles. The highest BCUT2D eigenvalue weighted by molar-refractivity contribution is 9.10. The van der Waals surface area contributed by atoms with Crippen LogP contribution in [0.3, 0.4) is 0 Å². The Morgan fingerprint density at radius 3 is 2.00 bits per heavy atom. The molecular weight excluding hydrogens is 358 g/mol. The van der Waals surface area contributed by atoms with Crippen molar-refractivity contribution < 1.29 is 14.6 Å². The van der Waals surface area contributed by atoms with Crippen molar-refractivity contribution in [1.29, 1.82) is 0 Å². The van der Waals surface area contributed by atoms with Gasteiger partial charge in [0.15, 0.2) is 0 Å². The summed E-state index contributed by atoms with van der Waals surface area (Å²) in [6.07, 6.45) is 0.289. The van der Waals surface area contributed by atoms with Crippen LogP contribution in [0.25, 0.3) is 0 Å². The average molecular weight is 390 g/mol. The zero-order chi connectivity index (χ0) is 18.8. The van der Waals surface area contributed by atoms with E-state index in [1.165, 1.54) is 0 Å². The Morgan fingerprint density at radius 2 is 1.61 bits per heavy atom.